The first-order valence-electron chi connectivity index (χ1n) is 9.20. The second-order valence-corrected chi connectivity index (χ2v) is 7.29. The molecule has 0 aliphatic carbocycles. The van der Waals surface area contributed by atoms with Gasteiger partial charge in [-0.15, -0.1) is 0 Å². The minimum atomic E-state index is -0.220. The average Bonchev–Trinajstić information content (AvgIpc) is 2.55. The monoisotopic (exact) mass is 333 g/mol. The van der Waals surface area contributed by atoms with Crippen LogP contribution in [0.25, 0.3) is 0 Å². The van der Waals surface area contributed by atoms with Gasteiger partial charge in [-0.2, -0.15) is 0 Å². The summed E-state index contributed by atoms with van der Waals surface area (Å²) < 4.78 is 5.80. The minimum Gasteiger partial charge on any atom is -0.507 e. The van der Waals surface area contributed by atoms with Gasteiger partial charge in [-0.25, -0.2) is 4.79 Å². The largest absolute Gasteiger partial charge is 0.507 e. The number of nitrogens with one attached hydrogen (secondary N) is 1. The van der Waals surface area contributed by atoms with E-state index < -0.39 is 0 Å². The normalized spacial score (nSPS) is 18.2. The molecule has 1 atom stereocenters. The third-order valence-corrected chi connectivity index (χ3v) is 4.80. The number of piperidine rings is 1. The van der Waals surface area contributed by atoms with Crippen LogP contribution in [0.4, 0.5) is 0 Å². The van der Waals surface area contributed by atoms with Crippen LogP contribution in [0.15, 0.2) is 6.07 Å². The zero-order valence-corrected chi connectivity index (χ0v) is 15.6. The molecule has 0 saturated carbocycles. The lowest BCUT2D eigenvalue weighted by Crippen LogP contribution is -2.42. The molecule has 2 N–H and O–H groups in total. The molecule has 4 heteroatoms. The van der Waals surface area contributed by atoms with Gasteiger partial charge in [-0.3, -0.25) is 0 Å². The maximum absolute atomic E-state index is 12.5. The molecule has 1 heterocycles. The molecule has 0 spiro atoms. The predicted molar refractivity (Wildman–Crippen MR) is 96.9 cm³/mol. The number of phenols is 1. The van der Waals surface area contributed by atoms with Crippen molar-refractivity contribution in [1.82, 2.24) is 5.32 Å². The average molecular weight is 333 g/mol. The summed E-state index contributed by atoms with van der Waals surface area (Å²) in [5.41, 5.74) is 2.69. The zero-order valence-electron chi connectivity index (χ0n) is 15.6. The first kappa shape index (κ1) is 18.8. The number of ether oxygens (including phenoxy) is 1. The van der Waals surface area contributed by atoms with Crippen LogP contribution in [0.1, 0.15) is 82.4 Å². The fourth-order valence-corrected chi connectivity index (χ4v) is 3.48. The van der Waals surface area contributed by atoms with Crippen molar-refractivity contribution in [3.63, 3.8) is 0 Å². The molecule has 1 fully saturated rings. The van der Waals surface area contributed by atoms with Gasteiger partial charge in [-0.05, 0) is 43.7 Å². The summed E-state index contributed by atoms with van der Waals surface area (Å²) >= 11 is 0. The minimum absolute atomic E-state index is 0.165. The number of rotatable bonds is 5. The van der Waals surface area contributed by atoms with E-state index in [0.717, 1.165) is 48.9 Å². The van der Waals surface area contributed by atoms with E-state index >= 15 is 0 Å². The van der Waals surface area contributed by atoms with Crippen LogP contribution in [0.5, 0.6) is 11.5 Å². The van der Waals surface area contributed by atoms with E-state index in [1.54, 1.807) is 0 Å². The third kappa shape index (κ3) is 3.92. The molecule has 0 bridgehead atoms. The Morgan fingerprint density at radius 1 is 1.29 bits per heavy atom. The van der Waals surface area contributed by atoms with Crippen LogP contribution in [-0.4, -0.2) is 23.7 Å². The summed E-state index contributed by atoms with van der Waals surface area (Å²) in [6.07, 6.45) is 3.71. The molecule has 1 aromatic carbocycles. The molecule has 1 unspecified atom stereocenters. The van der Waals surface area contributed by atoms with Crippen molar-refractivity contribution in [2.75, 3.05) is 6.54 Å². The summed E-state index contributed by atoms with van der Waals surface area (Å²) in [4.78, 5) is 12.5. The molecular formula is C20H31NO3. The van der Waals surface area contributed by atoms with Crippen molar-refractivity contribution in [3.8, 4) is 11.5 Å². The smallest absolute Gasteiger partial charge is 0.328 e. The highest BCUT2D eigenvalue weighted by molar-refractivity contribution is 5.79. The van der Waals surface area contributed by atoms with Gasteiger partial charge in [0.1, 0.15) is 17.5 Å². The molecule has 134 valence electrons. The molecule has 1 aromatic rings. The van der Waals surface area contributed by atoms with Crippen molar-refractivity contribution in [1.29, 1.82) is 0 Å². The van der Waals surface area contributed by atoms with Crippen molar-refractivity contribution < 1.29 is 14.6 Å². The highest BCUT2D eigenvalue weighted by atomic mass is 16.5. The summed E-state index contributed by atoms with van der Waals surface area (Å²) in [5.74, 6) is 1.09. The first-order valence-corrected chi connectivity index (χ1v) is 9.20. The number of hydrogen-bond acceptors (Lipinski definition) is 4. The van der Waals surface area contributed by atoms with Crippen molar-refractivity contribution in [2.45, 2.75) is 78.2 Å². The van der Waals surface area contributed by atoms with E-state index in [-0.39, 0.29) is 23.8 Å². The molecule has 4 nitrogen and oxygen atoms in total. The molecule has 0 amide bonds. The number of carbonyl (C=O) groups is 1. The van der Waals surface area contributed by atoms with Crippen LogP contribution in [-0.2, 0) is 11.2 Å². The van der Waals surface area contributed by atoms with E-state index in [4.69, 9.17) is 4.74 Å². The van der Waals surface area contributed by atoms with Crippen molar-refractivity contribution in [2.24, 2.45) is 0 Å². The molecule has 1 saturated heterocycles. The van der Waals surface area contributed by atoms with Crippen LogP contribution in [0.3, 0.4) is 0 Å². The Bertz CT molecular complexity index is 587. The van der Waals surface area contributed by atoms with Crippen LogP contribution >= 0.6 is 0 Å². The summed E-state index contributed by atoms with van der Waals surface area (Å²) in [6.45, 7) is 11.1. The Hall–Kier alpha value is -1.55. The summed E-state index contributed by atoms with van der Waals surface area (Å²) in [6, 6.07) is 1.63. The Labute approximate surface area is 145 Å². The van der Waals surface area contributed by atoms with E-state index in [0.29, 0.717) is 11.5 Å². The van der Waals surface area contributed by atoms with Gasteiger partial charge < -0.3 is 15.2 Å². The highest BCUT2D eigenvalue weighted by Gasteiger charge is 2.26. The van der Waals surface area contributed by atoms with Gasteiger partial charge >= 0.3 is 5.97 Å². The van der Waals surface area contributed by atoms with Gasteiger partial charge in [0.25, 0.3) is 0 Å². The zero-order chi connectivity index (χ0) is 17.9. The van der Waals surface area contributed by atoms with E-state index in [9.17, 15) is 9.90 Å². The number of aromatic hydroxyl groups is 1. The van der Waals surface area contributed by atoms with Crippen LogP contribution in [0.2, 0.25) is 0 Å². The fourth-order valence-electron chi connectivity index (χ4n) is 3.48. The predicted octanol–water partition coefficient (Wildman–Crippen LogP) is 4.25. The third-order valence-electron chi connectivity index (χ3n) is 4.80. The number of phenolic OH excluding ortho intramolecular Hbond substituents is 1. The maximum atomic E-state index is 12.5. The number of esters is 1. The Morgan fingerprint density at radius 2 is 2.00 bits per heavy atom. The van der Waals surface area contributed by atoms with Gasteiger partial charge in [-0.1, -0.05) is 41.0 Å². The molecule has 24 heavy (non-hydrogen) atoms. The lowest BCUT2D eigenvalue weighted by atomic mass is 9.88. The van der Waals surface area contributed by atoms with Gasteiger partial charge in [0.15, 0.2) is 0 Å². The summed E-state index contributed by atoms with van der Waals surface area (Å²) in [5, 5.41) is 13.9. The van der Waals surface area contributed by atoms with Crippen LogP contribution in [0, 0.1) is 0 Å². The first-order chi connectivity index (χ1) is 11.4. The molecule has 1 aliphatic heterocycles. The van der Waals surface area contributed by atoms with Crippen LogP contribution < -0.4 is 10.1 Å². The quantitative estimate of drug-likeness (QED) is 0.625. The number of benzene rings is 1. The molecule has 2 rings (SSSR count). The Kier molecular flexibility index (Phi) is 6.27. The fraction of sp³-hybridized carbons (Fsp3) is 0.650. The lowest BCUT2D eigenvalue weighted by molar-refractivity contribution is -0.137. The van der Waals surface area contributed by atoms with E-state index in [1.807, 2.05) is 26.8 Å². The van der Waals surface area contributed by atoms with Crippen molar-refractivity contribution >= 4 is 5.97 Å². The van der Waals surface area contributed by atoms with Gasteiger partial charge in [0, 0.05) is 16.7 Å². The SMILES string of the molecule is CCc1c(OC(=O)C2CCCCN2)cc(C(C)C)c(O)c1C(C)C. The van der Waals surface area contributed by atoms with Gasteiger partial charge in [0.05, 0.1) is 0 Å². The second-order valence-electron chi connectivity index (χ2n) is 7.29. The highest BCUT2D eigenvalue weighted by Crippen LogP contribution is 2.41. The Morgan fingerprint density at radius 3 is 2.50 bits per heavy atom. The van der Waals surface area contributed by atoms with E-state index in [2.05, 4.69) is 19.2 Å². The number of carbonyl (C=O) groups excluding carboxylic acids is 1. The molecule has 0 aromatic heterocycles. The van der Waals surface area contributed by atoms with E-state index in [1.165, 1.54) is 0 Å². The van der Waals surface area contributed by atoms with Crippen molar-refractivity contribution in [3.05, 3.63) is 22.8 Å². The lowest BCUT2D eigenvalue weighted by Gasteiger charge is -2.25. The van der Waals surface area contributed by atoms with Gasteiger partial charge in [0.2, 0.25) is 0 Å². The Balaban J connectivity index is 2.41. The molecule has 1 aliphatic rings. The topological polar surface area (TPSA) is 58.6 Å². The second kappa shape index (κ2) is 8.02. The number of hydrogen-bond donors (Lipinski definition) is 2. The molecule has 0 radical (unpaired) electrons. The maximum Gasteiger partial charge on any atom is 0.328 e. The summed E-state index contributed by atoms with van der Waals surface area (Å²) in [7, 11) is 0. The standard InChI is InChI=1S/C20H31NO3/c1-6-14-17(24-20(23)16-9-7-8-10-21-16)11-15(12(2)3)19(22)18(14)13(4)5/h11-13,16,21-22H,6-10H2,1-5H3. The molecular weight excluding hydrogens is 302 g/mol.